The number of amides is 1. The summed E-state index contributed by atoms with van der Waals surface area (Å²) in [6.07, 6.45) is 1.57. The molecule has 0 radical (unpaired) electrons. The van der Waals surface area contributed by atoms with E-state index in [0.29, 0.717) is 6.54 Å². The van der Waals surface area contributed by atoms with E-state index < -0.39 is 6.10 Å². The normalized spacial score (nSPS) is 12.1. The lowest BCUT2D eigenvalue weighted by molar-refractivity contribution is -0.127. The fourth-order valence-electron chi connectivity index (χ4n) is 2.07. The van der Waals surface area contributed by atoms with E-state index in [4.69, 9.17) is 4.74 Å². The Morgan fingerprint density at radius 2 is 1.95 bits per heavy atom. The monoisotopic (exact) mass is 271 g/mol. The Hall–Kier alpha value is -2.03. The fourth-order valence-corrected chi connectivity index (χ4v) is 2.07. The van der Waals surface area contributed by atoms with Crippen molar-refractivity contribution in [2.75, 3.05) is 6.54 Å². The quantitative estimate of drug-likeness (QED) is 0.816. The van der Waals surface area contributed by atoms with Gasteiger partial charge in [0, 0.05) is 11.9 Å². The lowest BCUT2D eigenvalue weighted by atomic mass is 10.1. The Bertz CT molecular complexity index is 575. The molecule has 0 aromatic heterocycles. The minimum atomic E-state index is -0.488. The number of benzene rings is 2. The molecule has 0 aliphatic carbocycles. The molecule has 0 saturated heterocycles. The average molecular weight is 271 g/mol. The van der Waals surface area contributed by atoms with Crippen molar-refractivity contribution in [2.45, 2.75) is 32.8 Å². The first kappa shape index (κ1) is 14.4. The molecule has 3 nitrogen and oxygen atoms in total. The molecule has 2 rings (SSSR count). The Balaban J connectivity index is 2.06. The molecule has 1 atom stereocenters. The maximum absolute atomic E-state index is 11.9. The van der Waals surface area contributed by atoms with E-state index in [2.05, 4.69) is 12.2 Å². The van der Waals surface area contributed by atoms with Crippen molar-refractivity contribution in [1.82, 2.24) is 5.32 Å². The zero-order valence-electron chi connectivity index (χ0n) is 12.1. The van der Waals surface area contributed by atoms with Crippen LogP contribution in [0.4, 0.5) is 0 Å². The van der Waals surface area contributed by atoms with Crippen molar-refractivity contribution in [3.8, 4) is 5.75 Å². The summed E-state index contributed by atoms with van der Waals surface area (Å²) in [5, 5.41) is 5.03. The van der Waals surface area contributed by atoms with Crippen LogP contribution in [0.15, 0.2) is 42.5 Å². The summed E-state index contributed by atoms with van der Waals surface area (Å²) in [6.45, 7) is 4.59. The molecule has 0 fully saturated rings. The standard InChI is InChI=1S/C17H21NO2/c1-3-4-12-18-17(19)13(2)20-16-11-7-9-14-8-5-6-10-15(14)16/h5-11,13H,3-4,12H2,1-2H3,(H,18,19)/t13-/m0/s1. The van der Waals surface area contributed by atoms with Gasteiger partial charge in [-0.3, -0.25) is 4.79 Å². The first-order chi connectivity index (χ1) is 9.72. The molecular weight excluding hydrogens is 250 g/mol. The lowest BCUT2D eigenvalue weighted by Gasteiger charge is -2.16. The number of carbonyl (C=O) groups is 1. The van der Waals surface area contributed by atoms with Crippen molar-refractivity contribution >= 4 is 16.7 Å². The molecule has 2 aromatic rings. The van der Waals surface area contributed by atoms with Gasteiger partial charge >= 0.3 is 0 Å². The van der Waals surface area contributed by atoms with Crippen LogP contribution in [0.1, 0.15) is 26.7 Å². The van der Waals surface area contributed by atoms with Crippen LogP contribution < -0.4 is 10.1 Å². The molecule has 1 N–H and O–H groups in total. The highest BCUT2D eigenvalue weighted by Crippen LogP contribution is 2.25. The van der Waals surface area contributed by atoms with E-state index in [1.165, 1.54) is 0 Å². The average Bonchev–Trinajstić information content (AvgIpc) is 2.47. The predicted molar refractivity (Wildman–Crippen MR) is 82.0 cm³/mol. The van der Waals surface area contributed by atoms with Gasteiger partial charge in [0.1, 0.15) is 5.75 Å². The number of fused-ring (bicyclic) bond motifs is 1. The van der Waals surface area contributed by atoms with E-state index in [9.17, 15) is 4.79 Å². The number of carbonyl (C=O) groups excluding carboxylic acids is 1. The molecule has 20 heavy (non-hydrogen) atoms. The van der Waals surface area contributed by atoms with Crippen LogP contribution in [0.3, 0.4) is 0 Å². The van der Waals surface area contributed by atoms with Crippen LogP contribution in [-0.4, -0.2) is 18.6 Å². The summed E-state index contributed by atoms with van der Waals surface area (Å²) in [7, 11) is 0. The van der Waals surface area contributed by atoms with Crippen LogP contribution in [0.25, 0.3) is 10.8 Å². The third-order valence-corrected chi connectivity index (χ3v) is 3.25. The zero-order valence-corrected chi connectivity index (χ0v) is 12.1. The number of rotatable bonds is 6. The number of hydrogen-bond donors (Lipinski definition) is 1. The van der Waals surface area contributed by atoms with Crippen molar-refractivity contribution in [1.29, 1.82) is 0 Å². The molecule has 0 bridgehead atoms. The highest BCUT2D eigenvalue weighted by molar-refractivity contribution is 5.89. The second kappa shape index (κ2) is 6.94. The summed E-state index contributed by atoms with van der Waals surface area (Å²) in [6, 6.07) is 13.9. The first-order valence-corrected chi connectivity index (χ1v) is 7.14. The van der Waals surface area contributed by atoms with E-state index in [1.54, 1.807) is 6.92 Å². The summed E-state index contributed by atoms with van der Waals surface area (Å²) >= 11 is 0. The van der Waals surface area contributed by atoms with E-state index in [0.717, 1.165) is 29.4 Å². The Kier molecular flexibility index (Phi) is 4.99. The summed E-state index contributed by atoms with van der Waals surface area (Å²) < 4.78 is 5.81. The Labute approximate surface area is 119 Å². The third kappa shape index (κ3) is 3.50. The van der Waals surface area contributed by atoms with Crippen molar-refractivity contribution in [2.24, 2.45) is 0 Å². The molecule has 0 unspecified atom stereocenters. The molecule has 3 heteroatoms. The zero-order chi connectivity index (χ0) is 14.4. The van der Waals surface area contributed by atoms with Gasteiger partial charge in [0.05, 0.1) is 0 Å². The second-order valence-electron chi connectivity index (χ2n) is 4.88. The number of nitrogens with one attached hydrogen (secondary N) is 1. The largest absolute Gasteiger partial charge is 0.480 e. The molecule has 0 saturated carbocycles. The van der Waals surface area contributed by atoms with Crippen LogP contribution in [-0.2, 0) is 4.79 Å². The maximum atomic E-state index is 11.9. The minimum Gasteiger partial charge on any atom is -0.480 e. The highest BCUT2D eigenvalue weighted by atomic mass is 16.5. The van der Waals surface area contributed by atoms with Gasteiger partial charge < -0.3 is 10.1 Å². The van der Waals surface area contributed by atoms with Crippen LogP contribution in [0, 0.1) is 0 Å². The number of unbranched alkanes of at least 4 members (excludes halogenated alkanes) is 1. The van der Waals surface area contributed by atoms with Gasteiger partial charge in [-0.25, -0.2) is 0 Å². The lowest BCUT2D eigenvalue weighted by Crippen LogP contribution is -2.36. The maximum Gasteiger partial charge on any atom is 0.260 e. The van der Waals surface area contributed by atoms with Gasteiger partial charge in [0.15, 0.2) is 6.10 Å². The van der Waals surface area contributed by atoms with E-state index in [1.807, 2.05) is 42.5 Å². The number of ether oxygens (including phenoxy) is 1. The summed E-state index contributed by atoms with van der Waals surface area (Å²) in [4.78, 5) is 11.9. The van der Waals surface area contributed by atoms with Gasteiger partial charge in [-0.05, 0) is 24.8 Å². The van der Waals surface area contributed by atoms with Crippen molar-refractivity contribution < 1.29 is 9.53 Å². The van der Waals surface area contributed by atoms with Gasteiger partial charge in [-0.1, -0.05) is 49.7 Å². The SMILES string of the molecule is CCCCNC(=O)[C@H](C)Oc1cccc2ccccc12. The first-order valence-electron chi connectivity index (χ1n) is 7.14. The Morgan fingerprint density at radius 3 is 2.75 bits per heavy atom. The Morgan fingerprint density at radius 1 is 1.20 bits per heavy atom. The molecule has 0 heterocycles. The second-order valence-corrected chi connectivity index (χ2v) is 4.88. The molecule has 1 amide bonds. The topological polar surface area (TPSA) is 38.3 Å². The van der Waals surface area contributed by atoms with E-state index >= 15 is 0 Å². The van der Waals surface area contributed by atoms with Crippen LogP contribution in [0.2, 0.25) is 0 Å². The molecule has 2 aromatic carbocycles. The molecule has 0 spiro atoms. The summed E-state index contributed by atoms with van der Waals surface area (Å²) in [5.74, 6) is 0.688. The van der Waals surface area contributed by atoms with Gasteiger partial charge in [0.25, 0.3) is 5.91 Å². The molecule has 106 valence electrons. The van der Waals surface area contributed by atoms with Crippen molar-refractivity contribution in [3.05, 3.63) is 42.5 Å². The number of hydrogen-bond acceptors (Lipinski definition) is 2. The van der Waals surface area contributed by atoms with Crippen molar-refractivity contribution in [3.63, 3.8) is 0 Å². The smallest absolute Gasteiger partial charge is 0.260 e. The highest BCUT2D eigenvalue weighted by Gasteiger charge is 2.14. The van der Waals surface area contributed by atoms with Gasteiger partial charge in [-0.15, -0.1) is 0 Å². The molecule has 0 aliphatic heterocycles. The summed E-state index contributed by atoms with van der Waals surface area (Å²) in [5.41, 5.74) is 0. The minimum absolute atomic E-state index is 0.0635. The van der Waals surface area contributed by atoms with Gasteiger partial charge in [-0.2, -0.15) is 0 Å². The fraction of sp³-hybridized carbons (Fsp3) is 0.353. The third-order valence-electron chi connectivity index (χ3n) is 3.25. The van der Waals surface area contributed by atoms with E-state index in [-0.39, 0.29) is 5.91 Å². The van der Waals surface area contributed by atoms with Crippen LogP contribution in [0.5, 0.6) is 5.75 Å². The van der Waals surface area contributed by atoms with Crippen LogP contribution >= 0.6 is 0 Å². The predicted octanol–water partition coefficient (Wildman–Crippen LogP) is 3.52. The molecular formula is C17H21NO2. The molecule has 0 aliphatic rings. The van der Waals surface area contributed by atoms with Gasteiger partial charge in [0.2, 0.25) is 0 Å².